The third kappa shape index (κ3) is 2.98. The van der Waals surface area contributed by atoms with Crippen molar-refractivity contribution < 1.29 is 4.79 Å². The Labute approximate surface area is 116 Å². The summed E-state index contributed by atoms with van der Waals surface area (Å²) in [5, 5.41) is 3.47. The van der Waals surface area contributed by atoms with Crippen molar-refractivity contribution in [2.45, 2.75) is 26.3 Å². The number of nitrogens with zero attached hydrogens (tertiary/aromatic N) is 2. The zero-order valence-corrected chi connectivity index (χ0v) is 11.6. The lowest BCUT2D eigenvalue weighted by Crippen LogP contribution is -2.24. The molecule has 0 bridgehead atoms. The first kappa shape index (κ1) is 13.7. The first-order chi connectivity index (χ1) is 9.13. The normalized spacial score (nSPS) is 10.8. The lowest BCUT2D eigenvalue weighted by atomic mass is 10.3. The zero-order valence-electron chi connectivity index (χ0n) is 10.8. The van der Waals surface area contributed by atoms with E-state index in [1.807, 2.05) is 29.7 Å². The van der Waals surface area contributed by atoms with Crippen molar-refractivity contribution in [3.8, 4) is 0 Å². The zero-order chi connectivity index (χ0) is 13.8. The molecule has 0 saturated carbocycles. The second kappa shape index (κ2) is 5.93. The Morgan fingerprint density at radius 3 is 3.05 bits per heavy atom. The monoisotopic (exact) mass is 280 g/mol. The number of aromatic nitrogens is 2. The van der Waals surface area contributed by atoms with E-state index in [2.05, 4.69) is 10.3 Å². The summed E-state index contributed by atoms with van der Waals surface area (Å²) in [6, 6.07) is 5.55. The average molecular weight is 281 g/mol. The standard InChI is InChI=1S/C13H17ClN4O/c1-2-11(19)16-7-4-8-18-12-9(14)5-3-6-10(12)17-13(18)15/h3,5-6H,2,4,7-8H2,1H3,(H2,15,17)(H,16,19). The summed E-state index contributed by atoms with van der Waals surface area (Å²) < 4.78 is 1.88. The van der Waals surface area contributed by atoms with Gasteiger partial charge in [0.15, 0.2) is 0 Å². The predicted molar refractivity (Wildman–Crippen MR) is 77.1 cm³/mol. The molecule has 1 aromatic heterocycles. The van der Waals surface area contributed by atoms with Crippen LogP contribution < -0.4 is 11.1 Å². The first-order valence-electron chi connectivity index (χ1n) is 6.30. The molecule has 2 rings (SSSR count). The van der Waals surface area contributed by atoms with Gasteiger partial charge in [-0.15, -0.1) is 0 Å². The average Bonchev–Trinajstić information content (AvgIpc) is 2.72. The predicted octanol–water partition coefficient (Wildman–Crippen LogP) is 2.19. The maximum atomic E-state index is 11.1. The van der Waals surface area contributed by atoms with Crippen molar-refractivity contribution in [1.82, 2.24) is 14.9 Å². The molecule has 0 atom stereocenters. The molecule has 1 aromatic carbocycles. The number of fused-ring (bicyclic) bond motifs is 1. The molecule has 0 saturated heterocycles. The summed E-state index contributed by atoms with van der Waals surface area (Å²) in [4.78, 5) is 15.4. The van der Waals surface area contributed by atoms with Crippen LogP contribution in [0.15, 0.2) is 18.2 Å². The summed E-state index contributed by atoms with van der Waals surface area (Å²) >= 11 is 6.18. The summed E-state index contributed by atoms with van der Waals surface area (Å²) in [6.45, 7) is 3.13. The fourth-order valence-electron chi connectivity index (χ4n) is 1.98. The molecule has 2 aromatic rings. The van der Waals surface area contributed by atoms with Crippen LogP contribution in [0, 0.1) is 0 Å². The number of nitrogen functional groups attached to an aromatic ring is 1. The summed E-state index contributed by atoms with van der Waals surface area (Å²) in [6.07, 6.45) is 1.29. The maximum absolute atomic E-state index is 11.1. The smallest absolute Gasteiger partial charge is 0.219 e. The summed E-state index contributed by atoms with van der Waals surface area (Å²) in [5.41, 5.74) is 7.54. The number of rotatable bonds is 5. The molecule has 0 fully saturated rings. The van der Waals surface area contributed by atoms with Crippen molar-refractivity contribution in [3.05, 3.63) is 23.2 Å². The molecule has 5 nitrogen and oxygen atoms in total. The fourth-order valence-corrected chi connectivity index (χ4v) is 2.25. The highest BCUT2D eigenvalue weighted by Gasteiger charge is 2.10. The number of anilines is 1. The van der Waals surface area contributed by atoms with Gasteiger partial charge in [-0.25, -0.2) is 4.98 Å². The number of para-hydroxylation sites is 1. The quantitative estimate of drug-likeness (QED) is 0.825. The van der Waals surface area contributed by atoms with Gasteiger partial charge in [0.2, 0.25) is 11.9 Å². The first-order valence-corrected chi connectivity index (χ1v) is 6.68. The number of amides is 1. The summed E-state index contributed by atoms with van der Waals surface area (Å²) in [7, 11) is 0. The van der Waals surface area contributed by atoms with Crippen molar-refractivity contribution in [3.63, 3.8) is 0 Å². The molecule has 1 heterocycles. The van der Waals surface area contributed by atoms with Crippen molar-refractivity contribution in [2.24, 2.45) is 0 Å². The number of hydrogen-bond acceptors (Lipinski definition) is 3. The van der Waals surface area contributed by atoms with Gasteiger partial charge in [-0.2, -0.15) is 0 Å². The minimum atomic E-state index is 0.0569. The van der Waals surface area contributed by atoms with E-state index in [4.69, 9.17) is 17.3 Å². The molecule has 19 heavy (non-hydrogen) atoms. The van der Waals surface area contributed by atoms with Crippen LogP contribution in [0.4, 0.5) is 5.95 Å². The fraction of sp³-hybridized carbons (Fsp3) is 0.385. The molecule has 6 heteroatoms. The highest BCUT2D eigenvalue weighted by Crippen LogP contribution is 2.25. The minimum Gasteiger partial charge on any atom is -0.369 e. The van der Waals surface area contributed by atoms with E-state index in [1.54, 1.807) is 0 Å². The van der Waals surface area contributed by atoms with Crippen molar-refractivity contribution in [1.29, 1.82) is 0 Å². The number of nitrogens with two attached hydrogens (primary N) is 1. The molecule has 102 valence electrons. The topological polar surface area (TPSA) is 72.9 Å². The number of carbonyl (C=O) groups is 1. The van der Waals surface area contributed by atoms with E-state index in [0.29, 0.717) is 30.5 Å². The largest absolute Gasteiger partial charge is 0.369 e. The number of nitrogens with one attached hydrogen (secondary N) is 1. The van der Waals surface area contributed by atoms with Gasteiger partial charge in [0, 0.05) is 19.5 Å². The molecule has 0 unspecified atom stereocenters. The van der Waals surface area contributed by atoms with Gasteiger partial charge < -0.3 is 15.6 Å². The molecule has 0 spiro atoms. The van der Waals surface area contributed by atoms with Crippen LogP contribution in [0.1, 0.15) is 19.8 Å². The number of hydrogen-bond donors (Lipinski definition) is 2. The minimum absolute atomic E-state index is 0.0569. The van der Waals surface area contributed by atoms with Gasteiger partial charge in [-0.05, 0) is 18.6 Å². The van der Waals surface area contributed by atoms with Gasteiger partial charge in [0.1, 0.15) is 0 Å². The van der Waals surface area contributed by atoms with Gasteiger partial charge in [0.25, 0.3) is 0 Å². The highest BCUT2D eigenvalue weighted by atomic mass is 35.5. The second-order valence-corrected chi connectivity index (χ2v) is 4.69. The lowest BCUT2D eigenvalue weighted by molar-refractivity contribution is -0.120. The number of carbonyl (C=O) groups excluding carboxylic acids is 1. The van der Waals surface area contributed by atoms with E-state index in [9.17, 15) is 4.79 Å². The molecule has 0 aliphatic rings. The Morgan fingerprint density at radius 1 is 1.53 bits per heavy atom. The SMILES string of the molecule is CCC(=O)NCCCn1c(N)nc2cccc(Cl)c21. The van der Waals surface area contributed by atoms with E-state index in [-0.39, 0.29) is 5.91 Å². The van der Waals surface area contributed by atoms with E-state index < -0.39 is 0 Å². The maximum Gasteiger partial charge on any atom is 0.219 e. The molecule has 1 amide bonds. The molecule has 0 aliphatic carbocycles. The Morgan fingerprint density at radius 2 is 2.32 bits per heavy atom. The Hall–Kier alpha value is -1.75. The summed E-state index contributed by atoms with van der Waals surface area (Å²) in [5.74, 6) is 0.506. The number of imidazole rings is 1. The third-order valence-electron chi connectivity index (χ3n) is 2.95. The molecule has 0 radical (unpaired) electrons. The number of benzene rings is 1. The Kier molecular flexibility index (Phi) is 4.27. The van der Waals surface area contributed by atoms with E-state index in [1.165, 1.54) is 0 Å². The van der Waals surface area contributed by atoms with Gasteiger partial charge in [-0.3, -0.25) is 4.79 Å². The van der Waals surface area contributed by atoms with Crippen molar-refractivity contribution >= 4 is 34.5 Å². The highest BCUT2D eigenvalue weighted by molar-refractivity contribution is 6.35. The Balaban J connectivity index is 2.08. The van der Waals surface area contributed by atoms with Gasteiger partial charge in [-0.1, -0.05) is 24.6 Å². The van der Waals surface area contributed by atoms with Crippen LogP contribution in [-0.2, 0) is 11.3 Å². The van der Waals surface area contributed by atoms with Crippen molar-refractivity contribution in [2.75, 3.05) is 12.3 Å². The molecule has 0 aliphatic heterocycles. The van der Waals surface area contributed by atoms with Gasteiger partial charge >= 0.3 is 0 Å². The van der Waals surface area contributed by atoms with Crippen LogP contribution in [-0.4, -0.2) is 22.0 Å². The molecular weight excluding hydrogens is 264 g/mol. The van der Waals surface area contributed by atoms with Crippen LogP contribution in [0.3, 0.4) is 0 Å². The lowest BCUT2D eigenvalue weighted by Gasteiger charge is -2.08. The van der Waals surface area contributed by atoms with Gasteiger partial charge in [0.05, 0.1) is 16.1 Å². The van der Waals surface area contributed by atoms with Crippen LogP contribution in [0.2, 0.25) is 5.02 Å². The van der Waals surface area contributed by atoms with Crippen LogP contribution in [0.25, 0.3) is 11.0 Å². The second-order valence-electron chi connectivity index (χ2n) is 4.29. The number of aryl methyl sites for hydroxylation is 1. The third-order valence-corrected chi connectivity index (χ3v) is 3.25. The number of halogens is 1. The molecular formula is C13H17ClN4O. The molecule has 3 N–H and O–H groups in total. The van der Waals surface area contributed by atoms with Crippen LogP contribution >= 0.6 is 11.6 Å². The van der Waals surface area contributed by atoms with E-state index in [0.717, 1.165) is 17.5 Å². The Bertz CT molecular complexity index is 594. The van der Waals surface area contributed by atoms with E-state index >= 15 is 0 Å². The van der Waals surface area contributed by atoms with Crippen LogP contribution in [0.5, 0.6) is 0 Å².